The normalized spacial score (nSPS) is 22.8. The number of imide groups is 1. The molecule has 182 valence electrons. The number of benzene rings is 1. The van der Waals surface area contributed by atoms with Gasteiger partial charge in [-0.3, -0.25) is 19.3 Å². The molecule has 3 amide bonds. The molecule has 2 aliphatic rings. The Kier molecular flexibility index (Phi) is 8.13. The molecule has 0 radical (unpaired) electrons. The maximum Gasteiger partial charge on any atom is 0.240 e. The lowest BCUT2D eigenvalue weighted by Crippen LogP contribution is -2.47. The number of carbonyl (C=O) groups is 3. The van der Waals surface area contributed by atoms with Gasteiger partial charge in [-0.05, 0) is 57.0 Å². The summed E-state index contributed by atoms with van der Waals surface area (Å²) >= 11 is 0. The van der Waals surface area contributed by atoms with Crippen LogP contribution in [-0.4, -0.2) is 91.0 Å². The van der Waals surface area contributed by atoms with Crippen molar-refractivity contribution in [3.05, 3.63) is 29.8 Å². The molecule has 1 aromatic rings. The fourth-order valence-corrected chi connectivity index (χ4v) is 4.95. The number of carbonyl (C=O) groups excluding carboxylic acids is 3. The van der Waals surface area contributed by atoms with Gasteiger partial charge < -0.3 is 19.6 Å². The van der Waals surface area contributed by atoms with E-state index in [0.29, 0.717) is 43.9 Å². The van der Waals surface area contributed by atoms with Gasteiger partial charge in [-0.25, -0.2) is 0 Å². The predicted molar refractivity (Wildman–Crippen MR) is 125 cm³/mol. The zero-order chi connectivity index (χ0) is 24.2. The minimum Gasteiger partial charge on any atom is -0.497 e. The van der Waals surface area contributed by atoms with Crippen molar-refractivity contribution in [1.29, 1.82) is 0 Å². The Hall–Kier alpha value is -2.45. The average molecular weight is 460 g/mol. The van der Waals surface area contributed by atoms with Crippen molar-refractivity contribution in [2.75, 3.05) is 47.4 Å². The molecule has 0 saturated carbocycles. The van der Waals surface area contributed by atoms with Crippen LogP contribution in [0.3, 0.4) is 0 Å². The number of methoxy groups -OCH3 is 1. The number of likely N-dealkylation sites (tertiary alicyclic amines) is 2. The van der Waals surface area contributed by atoms with Gasteiger partial charge in [0.25, 0.3) is 0 Å². The van der Waals surface area contributed by atoms with Crippen molar-refractivity contribution >= 4 is 17.7 Å². The number of amides is 3. The van der Waals surface area contributed by atoms with Crippen LogP contribution in [0, 0.1) is 5.92 Å². The Morgan fingerprint density at radius 2 is 1.97 bits per heavy atom. The molecular formula is C25H37N3O5. The standard InChI is InChI=1S/C25H37N3O5/c1-5-21(29)18-9-11-27(12-10-18)22(30)16-25(19-7-6-8-20(15-19)33-4)17-23(31)28(24(25)32)14-13-26(2)3/h6-8,15,18,21,29H,5,9-14,16-17H2,1-4H3/t21-,25-/m1/s1. The smallest absolute Gasteiger partial charge is 0.240 e. The average Bonchev–Trinajstić information content (AvgIpc) is 3.06. The van der Waals surface area contributed by atoms with Crippen LogP contribution in [0.15, 0.2) is 24.3 Å². The molecule has 1 N–H and O–H groups in total. The molecular weight excluding hydrogens is 422 g/mol. The van der Waals surface area contributed by atoms with Gasteiger partial charge in [0.1, 0.15) is 5.75 Å². The van der Waals surface area contributed by atoms with Gasteiger partial charge in [0, 0.05) is 39.0 Å². The topological polar surface area (TPSA) is 90.4 Å². The van der Waals surface area contributed by atoms with Gasteiger partial charge in [0.2, 0.25) is 17.7 Å². The monoisotopic (exact) mass is 459 g/mol. The van der Waals surface area contributed by atoms with E-state index in [-0.39, 0.29) is 42.6 Å². The zero-order valence-electron chi connectivity index (χ0n) is 20.2. The lowest BCUT2D eigenvalue weighted by atomic mass is 9.75. The highest BCUT2D eigenvalue weighted by Gasteiger charge is 2.54. The molecule has 33 heavy (non-hydrogen) atoms. The fraction of sp³-hybridized carbons (Fsp3) is 0.640. The Balaban J connectivity index is 1.85. The maximum atomic E-state index is 13.7. The number of aliphatic hydroxyl groups excluding tert-OH is 1. The lowest BCUT2D eigenvalue weighted by molar-refractivity contribution is -0.143. The van der Waals surface area contributed by atoms with Crippen molar-refractivity contribution in [2.24, 2.45) is 5.92 Å². The van der Waals surface area contributed by atoms with E-state index >= 15 is 0 Å². The van der Waals surface area contributed by atoms with E-state index in [1.807, 2.05) is 25.9 Å². The summed E-state index contributed by atoms with van der Waals surface area (Å²) in [6.45, 7) is 3.94. The third-order valence-corrected chi connectivity index (χ3v) is 7.11. The second kappa shape index (κ2) is 10.7. The van der Waals surface area contributed by atoms with Crippen LogP contribution < -0.4 is 4.74 Å². The van der Waals surface area contributed by atoms with Crippen molar-refractivity contribution in [3.8, 4) is 5.75 Å². The SMILES string of the molecule is CC[C@@H](O)C1CCN(C(=O)C[C@]2(c3cccc(OC)c3)CC(=O)N(CCN(C)C)C2=O)CC1. The van der Waals surface area contributed by atoms with Crippen LogP contribution in [-0.2, 0) is 19.8 Å². The molecule has 8 heteroatoms. The van der Waals surface area contributed by atoms with E-state index in [0.717, 1.165) is 12.8 Å². The Morgan fingerprint density at radius 3 is 2.58 bits per heavy atom. The van der Waals surface area contributed by atoms with Gasteiger partial charge >= 0.3 is 0 Å². The van der Waals surface area contributed by atoms with Crippen molar-refractivity contribution < 1.29 is 24.2 Å². The summed E-state index contributed by atoms with van der Waals surface area (Å²) in [5.41, 5.74) is -0.591. The van der Waals surface area contributed by atoms with Gasteiger partial charge in [0.15, 0.2) is 0 Å². The highest BCUT2D eigenvalue weighted by Crippen LogP contribution is 2.41. The van der Waals surface area contributed by atoms with Gasteiger partial charge in [-0.2, -0.15) is 0 Å². The molecule has 0 spiro atoms. The Morgan fingerprint density at radius 1 is 1.27 bits per heavy atom. The third-order valence-electron chi connectivity index (χ3n) is 7.11. The molecule has 2 atom stereocenters. The molecule has 1 aromatic carbocycles. The molecule has 8 nitrogen and oxygen atoms in total. The largest absolute Gasteiger partial charge is 0.497 e. The second-order valence-corrected chi connectivity index (χ2v) is 9.52. The first-order valence-electron chi connectivity index (χ1n) is 11.8. The number of ether oxygens (including phenoxy) is 1. The summed E-state index contributed by atoms with van der Waals surface area (Å²) in [7, 11) is 5.34. The second-order valence-electron chi connectivity index (χ2n) is 9.52. The van der Waals surface area contributed by atoms with Crippen LogP contribution in [0.1, 0.15) is 44.6 Å². The molecule has 0 aromatic heterocycles. The van der Waals surface area contributed by atoms with Crippen LogP contribution in [0.5, 0.6) is 5.75 Å². The summed E-state index contributed by atoms with van der Waals surface area (Å²) in [6, 6.07) is 7.14. The minimum atomic E-state index is -1.23. The molecule has 0 bridgehead atoms. The summed E-state index contributed by atoms with van der Waals surface area (Å²) < 4.78 is 5.36. The van der Waals surface area contributed by atoms with E-state index in [1.165, 1.54) is 4.90 Å². The van der Waals surface area contributed by atoms with Crippen LogP contribution in [0.4, 0.5) is 0 Å². The van der Waals surface area contributed by atoms with Crippen molar-refractivity contribution in [2.45, 2.75) is 50.5 Å². The Bertz CT molecular complexity index is 865. The first-order valence-corrected chi connectivity index (χ1v) is 11.8. The van der Waals surface area contributed by atoms with E-state index < -0.39 is 5.41 Å². The number of rotatable bonds is 9. The van der Waals surface area contributed by atoms with Crippen LogP contribution >= 0.6 is 0 Å². The van der Waals surface area contributed by atoms with Crippen molar-refractivity contribution in [1.82, 2.24) is 14.7 Å². The molecule has 3 rings (SSSR count). The number of hydrogen-bond donors (Lipinski definition) is 1. The third kappa shape index (κ3) is 5.38. The first-order chi connectivity index (χ1) is 15.7. The zero-order valence-corrected chi connectivity index (χ0v) is 20.2. The van der Waals surface area contributed by atoms with E-state index in [1.54, 1.807) is 36.3 Å². The number of hydrogen-bond acceptors (Lipinski definition) is 6. The summed E-state index contributed by atoms with van der Waals surface area (Å²) in [4.78, 5) is 45.0. The molecule has 0 aliphatic carbocycles. The van der Waals surface area contributed by atoms with Crippen molar-refractivity contribution in [3.63, 3.8) is 0 Å². The van der Waals surface area contributed by atoms with E-state index in [2.05, 4.69) is 0 Å². The summed E-state index contributed by atoms with van der Waals surface area (Å²) in [6.07, 6.45) is 1.78. The first kappa shape index (κ1) is 25.2. The van der Waals surface area contributed by atoms with E-state index in [4.69, 9.17) is 4.74 Å². The lowest BCUT2D eigenvalue weighted by Gasteiger charge is -2.36. The minimum absolute atomic E-state index is 0.0246. The highest BCUT2D eigenvalue weighted by molar-refractivity contribution is 6.10. The summed E-state index contributed by atoms with van der Waals surface area (Å²) in [5, 5.41) is 10.2. The molecule has 2 heterocycles. The number of aliphatic hydroxyl groups is 1. The maximum absolute atomic E-state index is 13.7. The number of nitrogens with zero attached hydrogens (tertiary/aromatic N) is 3. The van der Waals surface area contributed by atoms with Crippen LogP contribution in [0.2, 0.25) is 0 Å². The van der Waals surface area contributed by atoms with E-state index in [9.17, 15) is 19.5 Å². The molecule has 2 saturated heterocycles. The van der Waals surface area contributed by atoms with Gasteiger partial charge in [-0.1, -0.05) is 19.1 Å². The molecule has 0 unspecified atom stereocenters. The number of piperidine rings is 1. The fourth-order valence-electron chi connectivity index (χ4n) is 4.95. The van der Waals surface area contributed by atoms with Gasteiger partial charge in [0.05, 0.1) is 18.6 Å². The Labute approximate surface area is 196 Å². The van der Waals surface area contributed by atoms with Gasteiger partial charge in [-0.15, -0.1) is 0 Å². The quantitative estimate of drug-likeness (QED) is 0.565. The molecule has 2 aliphatic heterocycles. The molecule has 2 fully saturated rings. The van der Waals surface area contributed by atoms with Crippen LogP contribution in [0.25, 0.3) is 0 Å². The summed E-state index contributed by atoms with van der Waals surface area (Å²) in [5.74, 6) is 0.0932. The highest BCUT2D eigenvalue weighted by atomic mass is 16.5. The predicted octanol–water partition coefficient (Wildman–Crippen LogP) is 1.65. The number of likely N-dealkylation sites (N-methyl/N-ethyl adjacent to an activating group) is 1.